The molecule has 0 heterocycles. The molecule has 5 heteroatoms. The molecular weight excluding hydrogens is 290 g/mol. The Hall–Kier alpha value is -2.20. The number of amides is 1. The average molecular weight is 306 g/mol. The van der Waals surface area contributed by atoms with Crippen molar-refractivity contribution in [1.82, 2.24) is 0 Å². The van der Waals surface area contributed by atoms with Crippen LogP contribution in [-0.2, 0) is 6.54 Å². The summed E-state index contributed by atoms with van der Waals surface area (Å²) in [6.45, 7) is 0.354. The molecule has 0 bridgehead atoms. The quantitative estimate of drug-likeness (QED) is 0.617. The van der Waals surface area contributed by atoms with Crippen LogP contribution < -0.4 is 14.4 Å². The summed E-state index contributed by atoms with van der Waals surface area (Å²) >= 11 is 5.69. The Morgan fingerprint density at radius 2 is 1.71 bits per heavy atom. The van der Waals surface area contributed by atoms with Crippen LogP contribution in [0.2, 0.25) is 0 Å². The van der Waals surface area contributed by atoms with Crippen molar-refractivity contribution in [3.63, 3.8) is 0 Å². The summed E-state index contributed by atoms with van der Waals surface area (Å²) in [6.07, 6.45) is 0. The molecule has 2 aromatic rings. The number of halogens is 1. The third kappa shape index (κ3) is 3.67. The maximum atomic E-state index is 11.7. The van der Waals surface area contributed by atoms with Crippen LogP contribution in [0.3, 0.4) is 0 Å². The van der Waals surface area contributed by atoms with Gasteiger partial charge in [-0.05, 0) is 41.4 Å². The first-order valence-corrected chi connectivity index (χ1v) is 6.76. The number of carbonyl (C=O) groups excluding carboxylic acids is 1. The molecule has 0 aliphatic rings. The predicted molar refractivity (Wildman–Crippen MR) is 83.4 cm³/mol. The van der Waals surface area contributed by atoms with Crippen LogP contribution in [0.15, 0.2) is 48.5 Å². The number of para-hydroxylation sites is 1. The Morgan fingerprint density at radius 3 is 2.29 bits per heavy atom. The first kappa shape index (κ1) is 15.2. The van der Waals surface area contributed by atoms with E-state index in [0.717, 1.165) is 11.3 Å². The van der Waals surface area contributed by atoms with E-state index in [1.807, 2.05) is 42.5 Å². The molecule has 0 atom stereocenters. The molecule has 21 heavy (non-hydrogen) atoms. The van der Waals surface area contributed by atoms with E-state index in [-0.39, 0.29) is 0 Å². The maximum Gasteiger partial charge on any atom is 0.321 e. The number of methoxy groups -OCH3 is 2. The fraction of sp³-hybridized carbons (Fsp3) is 0.188. The van der Waals surface area contributed by atoms with E-state index >= 15 is 0 Å². The fourth-order valence-corrected chi connectivity index (χ4v) is 2.18. The number of hydrogen-bond acceptors (Lipinski definition) is 3. The minimum absolute atomic E-state index is 0.354. The molecule has 110 valence electrons. The molecule has 0 spiro atoms. The summed E-state index contributed by atoms with van der Waals surface area (Å²) in [5, 5.41) is -0.531. The van der Waals surface area contributed by atoms with E-state index in [0.29, 0.717) is 18.0 Å². The topological polar surface area (TPSA) is 38.8 Å². The van der Waals surface area contributed by atoms with Crippen LogP contribution in [-0.4, -0.2) is 19.6 Å². The first-order valence-electron chi connectivity index (χ1n) is 6.38. The molecule has 1 amide bonds. The third-order valence-corrected chi connectivity index (χ3v) is 3.27. The Bertz CT molecular complexity index is 616. The third-order valence-electron chi connectivity index (χ3n) is 3.07. The van der Waals surface area contributed by atoms with E-state index in [1.54, 1.807) is 20.3 Å². The zero-order valence-electron chi connectivity index (χ0n) is 11.9. The zero-order chi connectivity index (χ0) is 15.2. The number of rotatable bonds is 5. The van der Waals surface area contributed by atoms with Crippen LogP contribution in [0.5, 0.6) is 11.5 Å². The van der Waals surface area contributed by atoms with E-state index in [4.69, 9.17) is 21.1 Å². The number of nitrogens with zero attached hydrogens (tertiary/aromatic N) is 1. The molecule has 0 radical (unpaired) electrons. The maximum absolute atomic E-state index is 11.7. The van der Waals surface area contributed by atoms with Gasteiger partial charge in [-0.25, -0.2) is 0 Å². The van der Waals surface area contributed by atoms with Gasteiger partial charge >= 0.3 is 5.37 Å². The van der Waals surface area contributed by atoms with Crippen LogP contribution in [0, 0.1) is 0 Å². The second-order valence-corrected chi connectivity index (χ2v) is 4.69. The standard InChI is InChI=1S/C16H16ClNO3/c1-20-14-9-8-12(10-15(14)21-2)11-18(16(17)19)13-6-4-3-5-7-13/h3-10H,11H2,1-2H3. The highest BCUT2D eigenvalue weighted by Crippen LogP contribution is 2.29. The second-order valence-electron chi connectivity index (χ2n) is 4.36. The Kier molecular flexibility index (Phi) is 5.06. The van der Waals surface area contributed by atoms with Crippen LogP contribution in [0.25, 0.3) is 0 Å². The summed E-state index contributed by atoms with van der Waals surface area (Å²) in [4.78, 5) is 13.2. The van der Waals surface area contributed by atoms with Crippen molar-refractivity contribution in [3.05, 3.63) is 54.1 Å². The van der Waals surface area contributed by atoms with Crippen LogP contribution in [0.1, 0.15) is 5.56 Å². The minimum Gasteiger partial charge on any atom is -0.493 e. The second kappa shape index (κ2) is 6.99. The van der Waals surface area contributed by atoms with Crippen molar-refractivity contribution in [2.75, 3.05) is 19.1 Å². The number of benzene rings is 2. The highest BCUT2D eigenvalue weighted by Gasteiger charge is 2.15. The smallest absolute Gasteiger partial charge is 0.321 e. The minimum atomic E-state index is -0.531. The Labute approximate surface area is 128 Å². The average Bonchev–Trinajstić information content (AvgIpc) is 2.52. The van der Waals surface area contributed by atoms with Gasteiger partial charge in [0.05, 0.1) is 20.8 Å². The molecule has 2 rings (SSSR count). The van der Waals surface area contributed by atoms with Crippen molar-refractivity contribution in [2.24, 2.45) is 0 Å². The molecule has 0 N–H and O–H groups in total. The Balaban J connectivity index is 2.28. The highest BCUT2D eigenvalue weighted by atomic mass is 35.5. The zero-order valence-corrected chi connectivity index (χ0v) is 12.6. The normalized spacial score (nSPS) is 10.0. The summed E-state index contributed by atoms with van der Waals surface area (Å²) < 4.78 is 10.5. The SMILES string of the molecule is COc1ccc(CN(C(=O)Cl)c2ccccc2)cc1OC. The molecule has 0 aliphatic heterocycles. The molecule has 0 saturated heterocycles. The van der Waals surface area contributed by atoms with Gasteiger partial charge in [0.15, 0.2) is 11.5 Å². The lowest BCUT2D eigenvalue weighted by atomic mass is 10.1. The Morgan fingerprint density at radius 1 is 1.05 bits per heavy atom. The van der Waals surface area contributed by atoms with Gasteiger partial charge in [-0.1, -0.05) is 24.3 Å². The molecule has 0 saturated carbocycles. The van der Waals surface area contributed by atoms with Crippen molar-refractivity contribution >= 4 is 22.7 Å². The molecular formula is C16H16ClNO3. The first-order chi connectivity index (χ1) is 10.2. The lowest BCUT2D eigenvalue weighted by Crippen LogP contribution is -2.25. The van der Waals surface area contributed by atoms with Gasteiger partial charge in [-0.2, -0.15) is 0 Å². The van der Waals surface area contributed by atoms with Gasteiger partial charge in [0.25, 0.3) is 0 Å². The number of carbonyl (C=O) groups is 1. The lowest BCUT2D eigenvalue weighted by Gasteiger charge is -2.20. The number of hydrogen-bond donors (Lipinski definition) is 0. The largest absolute Gasteiger partial charge is 0.493 e. The number of ether oxygens (including phenoxy) is 2. The van der Waals surface area contributed by atoms with Crippen molar-refractivity contribution in [3.8, 4) is 11.5 Å². The van der Waals surface area contributed by atoms with Gasteiger partial charge in [-0.15, -0.1) is 0 Å². The molecule has 0 aliphatic carbocycles. The molecule has 0 unspecified atom stereocenters. The highest BCUT2D eigenvalue weighted by molar-refractivity contribution is 6.66. The monoisotopic (exact) mass is 305 g/mol. The van der Waals surface area contributed by atoms with E-state index in [9.17, 15) is 4.79 Å². The summed E-state index contributed by atoms with van der Waals surface area (Å²) in [6, 6.07) is 14.8. The van der Waals surface area contributed by atoms with Crippen molar-refractivity contribution in [2.45, 2.75) is 6.54 Å². The summed E-state index contributed by atoms with van der Waals surface area (Å²) in [5.41, 5.74) is 1.64. The van der Waals surface area contributed by atoms with Gasteiger partial charge in [0.1, 0.15) is 0 Å². The number of anilines is 1. The summed E-state index contributed by atoms with van der Waals surface area (Å²) in [7, 11) is 3.15. The van der Waals surface area contributed by atoms with Gasteiger partial charge < -0.3 is 9.47 Å². The van der Waals surface area contributed by atoms with Gasteiger partial charge in [-0.3, -0.25) is 9.69 Å². The molecule has 0 fully saturated rings. The van der Waals surface area contributed by atoms with E-state index in [1.165, 1.54) is 4.90 Å². The lowest BCUT2D eigenvalue weighted by molar-refractivity contribution is 0.264. The fourth-order valence-electron chi connectivity index (χ4n) is 2.02. The van der Waals surface area contributed by atoms with Crippen LogP contribution in [0.4, 0.5) is 10.5 Å². The van der Waals surface area contributed by atoms with E-state index < -0.39 is 5.37 Å². The summed E-state index contributed by atoms with van der Waals surface area (Å²) in [5.74, 6) is 1.26. The van der Waals surface area contributed by atoms with Gasteiger partial charge in [0, 0.05) is 5.69 Å². The molecule has 0 aromatic heterocycles. The van der Waals surface area contributed by atoms with Crippen molar-refractivity contribution in [1.29, 1.82) is 0 Å². The van der Waals surface area contributed by atoms with E-state index in [2.05, 4.69) is 0 Å². The van der Waals surface area contributed by atoms with Crippen LogP contribution >= 0.6 is 11.6 Å². The predicted octanol–water partition coefficient (Wildman–Crippen LogP) is 4.07. The van der Waals surface area contributed by atoms with Gasteiger partial charge in [0.2, 0.25) is 0 Å². The van der Waals surface area contributed by atoms with Crippen molar-refractivity contribution < 1.29 is 14.3 Å². The molecule has 2 aromatic carbocycles. The molecule has 4 nitrogen and oxygen atoms in total.